The molecule has 0 aliphatic heterocycles. The molecule has 8 nitrogen and oxygen atoms in total. The molecule has 0 bridgehead atoms. The van der Waals surface area contributed by atoms with Crippen molar-refractivity contribution in [1.82, 2.24) is 20.6 Å². The molecule has 0 atom stereocenters. The number of hydrogen-bond acceptors (Lipinski definition) is 6. The Balaban J connectivity index is 2.00. The van der Waals surface area contributed by atoms with Crippen LogP contribution in [0.3, 0.4) is 0 Å². The van der Waals surface area contributed by atoms with Gasteiger partial charge in [-0.2, -0.15) is 13.2 Å². The van der Waals surface area contributed by atoms with E-state index in [9.17, 15) is 31.2 Å². The van der Waals surface area contributed by atoms with Crippen molar-refractivity contribution in [1.29, 1.82) is 0 Å². The van der Waals surface area contributed by atoms with Gasteiger partial charge in [-0.1, -0.05) is 0 Å². The van der Waals surface area contributed by atoms with Gasteiger partial charge in [-0.3, -0.25) is 14.6 Å². The first-order valence-electron chi connectivity index (χ1n) is 7.37. The standard InChI is InChI=1S/C15H13F3N4O4S/c16-15(17,18)27(25,26)14-11(4-2-6-22-14)13(24)21-8-7-20-12(23)10-3-1-5-19-9-10/h1-6,9H,7-8H2,(H,20,23)(H,21,24). The van der Waals surface area contributed by atoms with Crippen LogP contribution in [0.25, 0.3) is 0 Å². The summed E-state index contributed by atoms with van der Waals surface area (Å²) in [5.74, 6) is -1.53. The second kappa shape index (κ2) is 8.12. The van der Waals surface area contributed by atoms with E-state index in [1.807, 2.05) is 0 Å². The molecule has 0 aliphatic carbocycles. The number of hydrogen-bond donors (Lipinski definition) is 2. The van der Waals surface area contributed by atoms with E-state index in [2.05, 4.69) is 20.6 Å². The van der Waals surface area contributed by atoms with Crippen molar-refractivity contribution in [2.24, 2.45) is 0 Å². The van der Waals surface area contributed by atoms with Crippen molar-refractivity contribution in [3.8, 4) is 0 Å². The summed E-state index contributed by atoms with van der Waals surface area (Å²) in [6.45, 7) is -0.188. The van der Waals surface area contributed by atoms with E-state index in [4.69, 9.17) is 0 Å². The van der Waals surface area contributed by atoms with Crippen LogP contribution in [0.4, 0.5) is 13.2 Å². The Bertz CT molecular complexity index is 934. The van der Waals surface area contributed by atoms with Crippen molar-refractivity contribution >= 4 is 21.7 Å². The lowest BCUT2D eigenvalue weighted by Crippen LogP contribution is -2.36. The van der Waals surface area contributed by atoms with Crippen molar-refractivity contribution in [2.75, 3.05) is 13.1 Å². The minimum Gasteiger partial charge on any atom is -0.350 e. The third-order valence-electron chi connectivity index (χ3n) is 3.19. The molecule has 0 fully saturated rings. The molecule has 2 rings (SSSR count). The zero-order chi connectivity index (χ0) is 20.1. The van der Waals surface area contributed by atoms with Gasteiger partial charge in [0.1, 0.15) is 0 Å². The number of nitrogens with zero attached hydrogens (tertiary/aromatic N) is 2. The van der Waals surface area contributed by atoms with Crippen molar-refractivity contribution < 1.29 is 31.2 Å². The minimum atomic E-state index is -5.78. The Morgan fingerprint density at radius 1 is 1.00 bits per heavy atom. The average Bonchev–Trinajstić information content (AvgIpc) is 2.64. The maximum atomic E-state index is 12.7. The normalized spacial score (nSPS) is 11.7. The van der Waals surface area contributed by atoms with Crippen LogP contribution in [0.15, 0.2) is 47.9 Å². The number of carbonyl (C=O) groups excluding carboxylic acids is 2. The summed E-state index contributed by atoms with van der Waals surface area (Å²) < 4.78 is 61.2. The molecule has 12 heteroatoms. The molecule has 0 aromatic carbocycles. The van der Waals surface area contributed by atoms with Crippen LogP contribution in [0, 0.1) is 0 Å². The molecule has 2 aromatic heterocycles. The lowest BCUT2D eigenvalue weighted by molar-refractivity contribution is -0.0438. The molecular formula is C15H13F3N4O4S. The second-order valence-electron chi connectivity index (χ2n) is 5.06. The van der Waals surface area contributed by atoms with Gasteiger partial charge in [0.15, 0.2) is 5.03 Å². The van der Waals surface area contributed by atoms with Gasteiger partial charge in [-0.25, -0.2) is 13.4 Å². The highest BCUT2D eigenvalue weighted by Gasteiger charge is 2.49. The van der Waals surface area contributed by atoms with E-state index in [0.29, 0.717) is 0 Å². The highest BCUT2D eigenvalue weighted by Crippen LogP contribution is 2.30. The number of amides is 2. The zero-order valence-corrected chi connectivity index (χ0v) is 14.3. The highest BCUT2D eigenvalue weighted by molar-refractivity contribution is 7.92. The molecule has 2 heterocycles. The van der Waals surface area contributed by atoms with Gasteiger partial charge in [0, 0.05) is 31.7 Å². The van der Waals surface area contributed by atoms with E-state index in [0.717, 1.165) is 18.3 Å². The fourth-order valence-corrected chi connectivity index (χ4v) is 2.80. The fourth-order valence-electron chi connectivity index (χ4n) is 1.93. The Morgan fingerprint density at radius 3 is 2.22 bits per heavy atom. The maximum absolute atomic E-state index is 12.7. The summed E-state index contributed by atoms with van der Waals surface area (Å²) in [6.07, 6.45) is 3.65. The predicted molar refractivity (Wildman–Crippen MR) is 86.4 cm³/mol. The molecule has 0 saturated heterocycles. The van der Waals surface area contributed by atoms with Crippen LogP contribution in [-0.2, 0) is 9.84 Å². The van der Waals surface area contributed by atoms with Gasteiger partial charge in [0.05, 0.1) is 11.1 Å². The Labute approximate surface area is 151 Å². The molecular weight excluding hydrogens is 389 g/mol. The topological polar surface area (TPSA) is 118 Å². The first kappa shape index (κ1) is 20.3. The first-order valence-corrected chi connectivity index (χ1v) is 8.85. The third-order valence-corrected chi connectivity index (χ3v) is 4.64. The third kappa shape index (κ3) is 4.78. The minimum absolute atomic E-state index is 0.0406. The van der Waals surface area contributed by atoms with Crippen molar-refractivity contribution in [3.05, 3.63) is 54.0 Å². The molecule has 27 heavy (non-hydrogen) atoms. The van der Waals surface area contributed by atoms with Gasteiger partial charge in [0.25, 0.3) is 21.7 Å². The summed E-state index contributed by atoms with van der Waals surface area (Å²) in [7, 11) is -5.78. The molecule has 0 radical (unpaired) electrons. The second-order valence-corrected chi connectivity index (χ2v) is 6.92. The van der Waals surface area contributed by atoms with E-state index in [1.54, 1.807) is 6.07 Å². The van der Waals surface area contributed by atoms with E-state index in [1.165, 1.54) is 18.5 Å². The molecule has 0 unspecified atom stereocenters. The first-order chi connectivity index (χ1) is 12.6. The van der Waals surface area contributed by atoms with Crippen molar-refractivity contribution in [3.63, 3.8) is 0 Å². The molecule has 2 amide bonds. The van der Waals surface area contributed by atoms with Crippen LogP contribution >= 0.6 is 0 Å². The van der Waals surface area contributed by atoms with E-state index >= 15 is 0 Å². The number of alkyl halides is 3. The number of sulfone groups is 1. The van der Waals surface area contributed by atoms with Gasteiger partial charge in [-0.05, 0) is 24.3 Å². The van der Waals surface area contributed by atoms with Gasteiger partial charge in [0.2, 0.25) is 0 Å². The summed E-state index contributed by atoms with van der Waals surface area (Å²) in [5, 5.41) is 3.32. The smallest absolute Gasteiger partial charge is 0.350 e. The lowest BCUT2D eigenvalue weighted by atomic mass is 10.2. The van der Waals surface area contributed by atoms with Crippen molar-refractivity contribution in [2.45, 2.75) is 10.5 Å². The SMILES string of the molecule is O=C(NCCNC(=O)c1cccnc1S(=O)(=O)C(F)(F)F)c1cccnc1. The van der Waals surface area contributed by atoms with Gasteiger partial charge in [-0.15, -0.1) is 0 Å². The van der Waals surface area contributed by atoms with Crippen LogP contribution < -0.4 is 10.6 Å². The monoisotopic (exact) mass is 402 g/mol. The number of carbonyl (C=O) groups is 2. The van der Waals surface area contributed by atoms with E-state index in [-0.39, 0.29) is 18.7 Å². The Morgan fingerprint density at radius 2 is 1.63 bits per heavy atom. The summed E-state index contributed by atoms with van der Waals surface area (Å²) in [6, 6.07) is 5.12. The number of rotatable bonds is 6. The predicted octanol–water partition coefficient (Wildman–Crippen LogP) is 0.930. The number of pyridine rings is 2. The largest absolute Gasteiger partial charge is 0.503 e. The summed E-state index contributed by atoms with van der Waals surface area (Å²) in [4.78, 5) is 30.8. The molecule has 2 aromatic rings. The molecule has 2 N–H and O–H groups in total. The molecule has 144 valence electrons. The maximum Gasteiger partial charge on any atom is 0.503 e. The van der Waals surface area contributed by atoms with E-state index < -0.39 is 37.7 Å². The summed E-state index contributed by atoms with van der Waals surface area (Å²) in [5.41, 5.74) is -6.04. The lowest BCUT2D eigenvalue weighted by Gasteiger charge is -2.12. The molecule has 0 saturated carbocycles. The Kier molecular flexibility index (Phi) is 6.10. The van der Waals surface area contributed by atoms with Crippen LogP contribution in [0.5, 0.6) is 0 Å². The van der Waals surface area contributed by atoms with Crippen LogP contribution in [-0.4, -0.2) is 48.8 Å². The quantitative estimate of drug-likeness (QED) is 0.694. The Hall–Kier alpha value is -3.02. The summed E-state index contributed by atoms with van der Waals surface area (Å²) >= 11 is 0. The van der Waals surface area contributed by atoms with Crippen LogP contribution in [0.2, 0.25) is 0 Å². The highest BCUT2D eigenvalue weighted by atomic mass is 32.2. The average molecular weight is 402 g/mol. The molecule has 0 spiro atoms. The van der Waals surface area contributed by atoms with Gasteiger partial charge >= 0.3 is 5.51 Å². The number of halogens is 3. The zero-order valence-electron chi connectivity index (χ0n) is 13.5. The number of nitrogens with one attached hydrogen (secondary N) is 2. The van der Waals surface area contributed by atoms with Crippen LogP contribution in [0.1, 0.15) is 20.7 Å². The number of aromatic nitrogens is 2. The van der Waals surface area contributed by atoms with Gasteiger partial charge < -0.3 is 10.6 Å². The fraction of sp³-hybridized carbons (Fsp3) is 0.200. The molecule has 0 aliphatic rings.